The molecule has 0 aromatic heterocycles. The quantitative estimate of drug-likeness (QED) is 0.269. The highest BCUT2D eigenvalue weighted by Gasteiger charge is 2.47. The first kappa shape index (κ1) is 29.6. The fourth-order valence-corrected chi connectivity index (χ4v) is 5.30. The van der Waals surface area contributed by atoms with Gasteiger partial charge in [0.1, 0.15) is 17.0 Å². The molecule has 40 heavy (non-hydrogen) atoms. The molecule has 7 nitrogen and oxygen atoms in total. The zero-order valence-electron chi connectivity index (χ0n) is 23.6. The first-order chi connectivity index (χ1) is 19.1. The molecular weight excluding hydrogens is 518 g/mol. The minimum atomic E-state index is -3.07. The molecule has 0 aliphatic heterocycles. The van der Waals surface area contributed by atoms with Crippen LogP contribution in [0.1, 0.15) is 87.9 Å². The molecule has 0 heterocycles. The summed E-state index contributed by atoms with van der Waals surface area (Å²) in [5.74, 6) is -2.48. The number of carbonyl (C=O) groups excluding carboxylic acids is 1. The van der Waals surface area contributed by atoms with E-state index in [2.05, 4.69) is 5.32 Å². The van der Waals surface area contributed by atoms with E-state index in [9.17, 15) is 14.7 Å². The Morgan fingerprint density at radius 2 is 1.70 bits per heavy atom. The van der Waals surface area contributed by atoms with Crippen molar-refractivity contribution in [2.24, 2.45) is 0 Å². The second-order valence-corrected chi connectivity index (χ2v) is 10.9. The number of hydrogen-bond acceptors (Lipinski definition) is 4. The normalized spacial score (nSPS) is 16.9. The van der Waals surface area contributed by atoms with Gasteiger partial charge in [-0.3, -0.25) is 0 Å². The molecular formula is C31H40F2N2O5. The van der Waals surface area contributed by atoms with Gasteiger partial charge in [-0.25, -0.2) is 18.4 Å². The third kappa shape index (κ3) is 6.85. The molecule has 2 N–H and O–H groups in total. The molecule has 2 aliphatic rings. The largest absolute Gasteiger partial charge is 0.493 e. The smallest absolute Gasteiger partial charge is 0.329 e. The Kier molecular flexibility index (Phi) is 9.21. The van der Waals surface area contributed by atoms with E-state index < -0.39 is 42.3 Å². The van der Waals surface area contributed by atoms with Crippen LogP contribution < -0.4 is 14.8 Å². The summed E-state index contributed by atoms with van der Waals surface area (Å²) >= 11 is 0. The zero-order chi connectivity index (χ0) is 28.9. The highest BCUT2D eigenvalue weighted by atomic mass is 19.3. The fourth-order valence-electron chi connectivity index (χ4n) is 5.30. The number of benzene rings is 2. The van der Waals surface area contributed by atoms with Crippen LogP contribution in [0.5, 0.6) is 11.5 Å². The Morgan fingerprint density at radius 1 is 1.10 bits per heavy atom. The molecule has 2 saturated carbocycles. The maximum Gasteiger partial charge on any atom is 0.329 e. The number of nitrogens with zero attached hydrogens (tertiary/aromatic N) is 1. The maximum atomic E-state index is 15.1. The number of carboxylic acids is 1. The van der Waals surface area contributed by atoms with E-state index in [1.807, 2.05) is 26.0 Å². The standard InChI is InChI=1S/C31H40F2N2O5/c1-4-39-25-18-24(19-26(40-5-2)27(25)23-12-13-23)21(3)35(29(38)34-30(28(36)37)14-9-15-30)17-16-31(32,33)20-22-10-7-6-8-11-22/h6-8,10-11,18-19,21,23H,4-5,9,12-17,20H2,1-3H3,(H,34,38)(H,36,37)/t21-/m1/s1. The van der Waals surface area contributed by atoms with Crippen molar-refractivity contribution in [3.8, 4) is 11.5 Å². The Morgan fingerprint density at radius 3 is 2.17 bits per heavy atom. The molecule has 2 amide bonds. The van der Waals surface area contributed by atoms with Gasteiger partial charge >= 0.3 is 12.0 Å². The van der Waals surface area contributed by atoms with Crippen LogP contribution in [-0.4, -0.2) is 53.2 Å². The summed E-state index contributed by atoms with van der Waals surface area (Å²) < 4.78 is 42.2. The molecule has 2 aromatic rings. The highest BCUT2D eigenvalue weighted by molar-refractivity contribution is 5.87. The third-order valence-electron chi connectivity index (χ3n) is 7.91. The average molecular weight is 559 g/mol. The number of carboxylic acid groups (broad SMARTS) is 1. The van der Waals surface area contributed by atoms with Crippen LogP contribution >= 0.6 is 0 Å². The van der Waals surface area contributed by atoms with Crippen molar-refractivity contribution in [2.45, 2.75) is 89.1 Å². The number of amides is 2. The van der Waals surface area contributed by atoms with E-state index in [1.165, 1.54) is 4.90 Å². The monoisotopic (exact) mass is 558 g/mol. The zero-order valence-corrected chi connectivity index (χ0v) is 23.6. The third-order valence-corrected chi connectivity index (χ3v) is 7.91. The summed E-state index contributed by atoms with van der Waals surface area (Å²) in [6, 6.07) is 10.9. The van der Waals surface area contributed by atoms with Gasteiger partial charge in [0.25, 0.3) is 5.92 Å². The first-order valence-electron chi connectivity index (χ1n) is 14.3. The van der Waals surface area contributed by atoms with E-state index in [0.717, 1.165) is 18.4 Å². The number of rotatable bonds is 14. The van der Waals surface area contributed by atoms with Crippen molar-refractivity contribution in [2.75, 3.05) is 19.8 Å². The van der Waals surface area contributed by atoms with E-state index in [0.29, 0.717) is 61.0 Å². The van der Waals surface area contributed by atoms with Crippen molar-refractivity contribution < 1.29 is 33.0 Å². The number of alkyl halides is 2. The van der Waals surface area contributed by atoms with Crippen molar-refractivity contribution in [3.05, 3.63) is 59.2 Å². The highest BCUT2D eigenvalue weighted by Crippen LogP contribution is 2.50. The van der Waals surface area contributed by atoms with Gasteiger partial charge in [-0.15, -0.1) is 0 Å². The summed E-state index contributed by atoms with van der Waals surface area (Å²) in [7, 11) is 0. The molecule has 0 spiro atoms. The van der Waals surface area contributed by atoms with Crippen molar-refractivity contribution in [1.82, 2.24) is 10.2 Å². The first-order valence-corrected chi connectivity index (χ1v) is 14.3. The van der Waals surface area contributed by atoms with Gasteiger partial charge in [0.15, 0.2) is 0 Å². The van der Waals surface area contributed by atoms with Gasteiger partial charge in [-0.05, 0) is 82.1 Å². The van der Waals surface area contributed by atoms with Gasteiger partial charge in [-0.1, -0.05) is 30.3 Å². The molecule has 218 valence electrons. The predicted octanol–water partition coefficient (Wildman–Crippen LogP) is 6.71. The minimum absolute atomic E-state index is 0.263. The van der Waals surface area contributed by atoms with Crippen LogP contribution in [0.4, 0.5) is 13.6 Å². The molecule has 1 atom stereocenters. The lowest BCUT2D eigenvalue weighted by Gasteiger charge is -2.41. The van der Waals surface area contributed by atoms with Crippen LogP contribution in [0, 0.1) is 0 Å². The Hall–Kier alpha value is -3.36. The van der Waals surface area contributed by atoms with Gasteiger partial charge < -0.3 is 24.8 Å². The van der Waals surface area contributed by atoms with Gasteiger partial charge in [-0.2, -0.15) is 0 Å². The number of halogens is 2. The van der Waals surface area contributed by atoms with Crippen LogP contribution in [0.25, 0.3) is 0 Å². The van der Waals surface area contributed by atoms with Gasteiger partial charge in [0.05, 0.1) is 19.3 Å². The number of hydrogen-bond donors (Lipinski definition) is 2. The Bertz CT molecular complexity index is 1150. The molecule has 2 aliphatic carbocycles. The molecule has 0 saturated heterocycles. The minimum Gasteiger partial charge on any atom is -0.493 e. The SMILES string of the molecule is CCOc1cc([C@@H](C)N(CCC(F)(F)Cc2ccccc2)C(=O)NC2(C(=O)O)CCC2)cc(OCC)c1C1CC1. The van der Waals surface area contributed by atoms with E-state index >= 15 is 8.78 Å². The number of nitrogens with one attached hydrogen (secondary N) is 1. The van der Waals surface area contributed by atoms with E-state index in [1.54, 1.807) is 37.3 Å². The second-order valence-electron chi connectivity index (χ2n) is 10.9. The summed E-state index contributed by atoms with van der Waals surface area (Å²) in [6.45, 7) is 6.18. The Labute approximate surface area is 234 Å². The molecule has 2 fully saturated rings. The molecule has 9 heteroatoms. The lowest BCUT2D eigenvalue weighted by molar-refractivity contribution is -0.148. The van der Waals surface area contributed by atoms with Crippen molar-refractivity contribution in [1.29, 1.82) is 0 Å². The van der Waals surface area contributed by atoms with Gasteiger partial charge in [0.2, 0.25) is 0 Å². The topological polar surface area (TPSA) is 88.1 Å². The van der Waals surface area contributed by atoms with Crippen LogP contribution in [0.15, 0.2) is 42.5 Å². The molecule has 0 bridgehead atoms. The fraction of sp³-hybridized carbons (Fsp3) is 0.548. The average Bonchev–Trinajstić information content (AvgIpc) is 3.71. The van der Waals surface area contributed by atoms with Crippen LogP contribution in [0.2, 0.25) is 0 Å². The van der Waals surface area contributed by atoms with Gasteiger partial charge in [0, 0.05) is 24.9 Å². The second kappa shape index (κ2) is 12.4. The summed E-state index contributed by atoms with van der Waals surface area (Å²) in [6.07, 6.45) is 2.34. The summed E-state index contributed by atoms with van der Waals surface area (Å²) in [5, 5.41) is 12.5. The molecule has 4 rings (SSSR count). The molecule has 0 unspecified atom stereocenters. The van der Waals surface area contributed by atoms with E-state index in [-0.39, 0.29) is 6.54 Å². The van der Waals surface area contributed by atoms with Crippen LogP contribution in [0.3, 0.4) is 0 Å². The van der Waals surface area contributed by atoms with Crippen LogP contribution in [-0.2, 0) is 11.2 Å². The molecule has 2 aromatic carbocycles. The number of ether oxygens (including phenoxy) is 2. The van der Waals surface area contributed by atoms with Crippen molar-refractivity contribution in [3.63, 3.8) is 0 Å². The maximum absolute atomic E-state index is 15.1. The Balaban J connectivity index is 1.63. The lowest BCUT2D eigenvalue weighted by atomic mass is 9.77. The number of carbonyl (C=O) groups is 2. The molecule has 0 radical (unpaired) electrons. The number of aliphatic carboxylic acids is 1. The van der Waals surface area contributed by atoms with E-state index in [4.69, 9.17) is 9.47 Å². The van der Waals surface area contributed by atoms with Crippen molar-refractivity contribution >= 4 is 12.0 Å². The summed E-state index contributed by atoms with van der Waals surface area (Å²) in [4.78, 5) is 26.9. The number of urea groups is 1. The lowest BCUT2D eigenvalue weighted by Crippen LogP contribution is -2.62. The predicted molar refractivity (Wildman–Crippen MR) is 148 cm³/mol. The summed E-state index contributed by atoms with van der Waals surface area (Å²) in [5.41, 5.74) is 0.819.